The van der Waals surface area contributed by atoms with Gasteiger partial charge in [0.1, 0.15) is 0 Å². The number of carbonyl (C=O) groups excluding carboxylic acids is 2. The predicted octanol–water partition coefficient (Wildman–Crippen LogP) is 3.84. The van der Waals surface area contributed by atoms with Crippen LogP contribution in [0.1, 0.15) is 24.3 Å². The van der Waals surface area contributed by atoms with E-state index in [2.05, 4.69) is 6.07 Å². The standard InChI is InChI=1S/C16H11Cl2NO2/c17-13-9-14(20)12(15(18)16(13)21)8-11(6-7-19)10-4-2-1-3-5-10/h1-5,9,11H,6,8H2. The first-order valence-electron chi connectivity index (χ1n) is 6.31. The molecular formula is C16H11Cl2NO2. The summed E-state index contributed by atoms with van der Waals surface area (Å²) in [5, 5.41) is 8.65. The van der Waals surface area contributed by atoms with Gasteiger partial charge in [-0.25, -0.2) is 0 Å². The van der Waals surface area contributed by atoms with E-state index in [4.69, 9.17) is 28.5 Å². The summed E-state index contributed by atoms with van der Waals surface area (Å²) in [6.45, 7) is 0. The fourth-order valence-electron chi connectivity index (χ4n) is 2.20. The third-order valence-electron chi connectivity index (χ3n) is 3.30. The number of halogens is 2. The molecule has 1 aromatic rings. The van der Waals surface area contributed by atoms with Crippen LogP contribution in [0.5, 0.6) is 0 Å². The second kappa shape index (κ2) is 6.71. The molecular weight excluding hydrogens is 309 g/mol. The van der Waals surface area contributed by atoms with Crippen LogP contribution in [0.2, 0.25) is 0 Å². The van der Waals surface area contributed by atoms with Crippen LogP contribution >= 0.6 is 23.2 Å². The maximum absolute atomic E-state index is 12.0. The quantitative estimate of drug-likeness (QED) is 0.792. The van der Waals surface area contributed by atoms with Gasteiger partial charge < -0.3 is 0 Å². The highest BCUT2D eigenvalue weighted by atomic mass is 35.5. The lowest BCUT2D eigenvalue weighted by Gasteiger charge is -2.18. The van der Waals surface area contributed by atoms with E-state index in [1.54, 1.807) is 0 Å². The molecule has 2 rings (SSSR count). The molecule has 1 aliphatic carbocycles. The van der Waals surface area contributed by atoms with E-state index in [9.17, 15) is 9.59 Å². The van der Waals surface area contributed by atoms with Crippen LogP contribution in [0.4, 0.5) is 0 Å². The molecule has 0 aliphatic heterocycles. The first-order valence-corrected chi connectivity index (χ1v) is 7.07. The Morgan fingerprint density at radius 2 is 1.81 bits per heavy atom. The Morgan fingerprint density at radius 1 is 1.14 bits per heavy atom. The van der Waals surface area contributed by atoms with Crippen LogP contribution in [-0.2, 0) is 9.59 Å². The summed E-state index contributed by atoms with van der Waals surface area (Å²) in [4.78, 5) is 23.7. The second-order valence-electron chi connectivity index (χ2n) is 4.65. The van der Waals surface area contributed by atoms with Gasteiger partial charge in [0.05, 0.1) is 16.1 Å². The Labute approximate surface area is 132 Å². The van der Waals surface area contributed by atoms with Crippen LogP contribution in [0.15, 0.2) is 52.0 Å². The highest BCUT2D eigenvalue weighted by molar-refractivity contribution is 6.58. The molecule has 1 atom stereocenters. The van der Waals surface area contributed by atoms with Gasteiger partial charge in [0.15, 0.2) is 5.78 Å². The van der Waals surface area contributed by atoms with Gasteiger partial charge in [0.25, 0.3) is 0 Å². The largest absolute Gasteiger partial charge is 0.290 e. The van der Waals surface area contributed by atoms with Crippen molar-refractivity contribution in [3.05, 3.63) is 57.6 Å². The van der Waals surface area contributed by atoms with Crippen LogP contribution in [-0.4, -0.2) is 11.6 Å². The molecule has 1 aromatic carbocycles. The first kappa shape index (κ1) is 15.5. The van der Waals surface area contributed by atoms with Crippen molar-refractivity contribution in [2.75, 3.05) is 0 Å². The van der Waals surface area contributed by atoms with Crippen LogP contribution in [0.25, 0.3) is 0 Å². The van der Waals surface area contributed by atoms with Crippen LogP contribution in [0.3, 0.4) is 0 Å². The number of ketones is 2. The molecule has 0 amide bonds. The molecule has 0 saturated heterocycles. The van der Waals surface area contributed by atoms with Crippen molar-refractivity contribution in [2.45, 2.75) is 18.8 Å². The van der Waals surface area contributed by atoms with E-state index in [-0.39, 0.29) is 40.2 Å². The Balaban J connectivity index is 2.32. The van der Waals surface area contributed by atoms with Crippen LogP contribution in [0, 0.1) is 11.3 Å². The van der Waals surface area contributed by atoms with Gasteiger partial charge in [-0.15, -0.1) is 0 Å². The second-order valence-corrected chi connectivity index (χ2v) is 5.44. The summed E-state index contributed by atoms with van der Waals surface area (Å²) >= 11 is 11.6. The number of rotatable bonds is 4. The molecule has 0 spiro atoms. The zero-order valence-corrected chi connectivity index (χ0v) is 12.5. The molecule has 0 aromatic heterocycles. The van der Waals surface area contributed by atoms with Crippen molar-refractivity contribution in [2.24, 2.45) is 0 Å². The molecule has 1 aliphatic rings. The number of nitrogens with zero attached hydrogens (tertiary/aromatic N) is 1. The number of hydrogen-bond donors (Lipinski definition) is 0. The Morgan fingerprint density at radius 3 is 2.43 bits per heavy atom. The number of benzene rings is 1. The van der Waals surface area contributed by atoms with Gasteiger partial charge in [-0.1, -0.05) is 53.5 Å². The smallest absolute Gasteiger partial charge is 0.216 e. The number of carbonyl (C=O) groups is 2. The fraction of sp³-hybridized carbons (Fsp3) is 0.188. The average molecular weight is 320 g/mol. The maximum atomic E-state index is 12.0. The van der Waals surface area contributed by atoms with Gasteiger partial charge in [-0.05, 0) is 12.0 Å². The van der Waals surface area contributed by atoms with Gasteiger partial charge in [0, 0.05) is 24.0 Å². The highest BCUT2D eigenvalue weighted by Gasteiger charge is 2.28. The lowest BCUT2D eigenvalue weighted by atomic mass is 9.86. The Kier molecular flexibility index (Phi) is 4.95. The van der Waals surface area contributed by atoms with Crippen molar-refractivity contribution in [3.63, 3.8) is 0 Å². The maximum Gasteiger partial charge on any atom is 0.216 e. The molecule has 21 heavy (non-hydrogen) atoms. The van der Waals surface area contributed by atoms with E-state index < -0.39 is 5.78 Å². The van der Waals surface area contributed by atoms with Crippen molar-refractivity contribution in [3.8, 4) is 6.07 Å². The minimum atomic E-state index is -0.545. The summed E-state index contributed by atoms with van der Waals surface area (Å²) in [6, 6.07) is 11.5. The van der Waals surface area contributed by atoms with Gasteiger partial charge >= 0.3 is 0 Å². The normalized spacial score (nSPS) is 16.5. The zero-order chi connectivity index (χ0) is 15.4. The third kappa shape index (κ3) is 3.41. The molecule has 0 radical (unpaired) electrons. The number of allylic oxidation sites excluding steroid dienone is 4. The van der Waals surface area contributed by atoms with Crippen molar-refractivity contribution in [1.82, 2.24) is 0 Å². The topological polar surface area (TPSA) is 57.9 Å². The first-order chi connectivity index (χ1) is 10.0. The van der Waals surface area contributed by atoms with Gasteiger partial charge in [0.2, 0.25) is 5.78 Å². The lowest BCUT2D eigenvalue weighted by molar-refractivity contribution is -0.115. The van der Waals surface area contributed by atoms with Crippen molar-refractivity contribution < 1.29 is 9.59 Å². The lowest BCUT2D eigenvalue weighted by Crippen LogP contribution is -2.16. The minimum absolute atomic E-state index is 0.147. The predicted molar refractivity (Wildman–Crippen MR) is 80.9 cm³/mol. The summed E-state index contributed by atoms with van der Waals surface area (Å²) in [7, 11) is 0. The summed E-state index contributed by atoms with van der Waals surface area (Å²) < 4.78 is 0. The number of Topliss-reactive ketones (excluding diaryl/α,β-unsaturated/α-hetero) is 1. The molecule has 106 valence electrons. The summed E-state index contributed by atoms with van der Waals surface area (Å²) in [6.07, 6.45) is 1.55. The Hall–Kier alpha value is -1.89. The summed E-state index contributed by atoms with van der Waals surface area (Å²) in [5.74, 6) is -1.11. The summed E-state index contributed by atoms with van der Waals surface area (Å²) in [5.41, 5.74) is 1.15. The van der Waals surface area contributed by atoms with Crippen molar-refractivity contribution in [1.29, 1.82) is 5.26 Å². The Bertz CT molecular complexity index is 684. The van der Waals surface area contributed by atoms with E-state index in [1.165, 1.54) is 0 Å². The molecule has 0 bridgehead atoms. The van der Waals surface area contributed by atoms with E-state index in [1.807, 2.05) is 30.3 Å². The molecule has 0 fully saturated rings. The average Bonchev–Trinajstić information content (AvgIpc) is 2.49. The van der Waals surface area contributed by atoms with Gasteiger partial charge in [-0.3, -0.25) is 9.59 Å². The molecule has 1 unspecified atom stereocenters. The SMILES string of the molecule is N#CCC(CC1=C(Cl)C(=O)C(Cl)=CC1=O)c1ccccc1. The fourth-order valence-corrected chi connectivity index (χ4v) is 2.71. The highest BCUT2D eigenvalue weighted by Crippen LogP contribution is 2.33. The third-order valence-corrected chi connectivity index (χ3v) is 3.98. The van der Waals surface area contributed by atoms with E-state index in [0.717, 1.165) is 11.6 Å². The zero-order valence-electron chi connectivity index (χ0n) is 11.0. The molecule has 5 heteroatoms. The van der Waals surface area contributed by atoms with E-state index >= 15 is 0 Å². The van der Waals surface area contributed by atoms with Crippen LogP contribution < -0.4 is 0 Å². The molecule has 0 heterocycles. The number of nitriles is 1. The molecule has 0 saturated carbocycles. The number of hydrogen-bond acceptors (Lipinski definition) is 3. The minimum Gasteiger partial charge on any atom is -0.290 e. The molecule has 3 nitrogen and oxygen atoms in total. The van der Waals surface area contributed by atoms with Crippen molar-refractivity contribution >= 4 is 34.8 Å². The molecule has 0 N–H and O–H groups in total. The van der Waals surface area contributed by atoms with E-state index in [0.29, 0.717) is 0 Å². The van der Waals surface area contributed by atoms with Gasteiger partial charge in [-0.2, -0.15) is 5.26 Å². The monoisotopic (exact) mass is 319 g/mol.